The van der Waals surface area contributed by atoms with Gasteiger partial charge in [-0.1, -0.05) is 0 Å². The zero-order valence-electron chi connectivity index (χ0n) is 13.7. The van der Waals surface area contributed by atoms with Gasteiger partial charge in [-0.3, -0.25) is 4.90 Å². The maximum atomic E-state index is 6.08. The molecular weight excluding hydrogens is 280 g/mol. The SMILES string of the molecule is CN(C)CCOCC1CCC2C1OCCN2Cc1ccco1. The van der Waals surface area contributed by atoms with Crippen LogP contribution in [0.1, 0.15) is 18.6 Å². The highest BCUT2D eigenvalue weighted by molar-refractivity contribution is 5.01. The van der Waals surface area contributed by atoms with Crippen molar-refractivity contribution in [2.24, 2.45) is 5.92 Å². The highest BCUT2D eigenvalue weighted by Crippen LogP contribution is 2.35. The van der Waals surface area contributed by atoms with Gasteiger partial charge in [0.25, 0.3) is 0 Å². The standard InChI is InChI=1S/C17H28N2O3/c1-18(2)7-10-20-13-14-5-6-16-17(14)22-11-8-19(16)12-15-4-3-9-21-15/h3-4,9,14,16-17H,5-8,10-13H2,1-2H3. The Hall–Kier alpha value is -0.880. The molecule has 2 aliphatic rings. The van der Waals surface area contributed by atoms with Gasteiger partial charge in [-0.05, 0) is 39.1 Å². The van der Waals surface area contributed by atoms with Crippen LogP contribution in [0.3, 0.4) is 0 Å². The molecule has 1 saturated carbocycles. The Labute approximate surface area is 133 Å². The molecule has 2 fully saturated rings. The topological polar surface area (TPSA) is 38.1 Å². The van der Waals surface area contributed by atoms with E-state index in [1.54, 1.807) is 6.26 Å². The second-order valence-electron chi connectivity index (χ2n) is 6.67. The third-order valence-electron chi connectivity index (χ3n) is 4.79. The number of hydrogen-bond donors (Lipinski definition) is 0. The van der Waals surface area contributed by atoms with Crippen molar-refractivity contribution in [2.45, 2.75) is 31.5 Å². The van der Waals surface area contributed by atoms with Gasteiger partial charge in [-0.25, -0.2) is 0 Å². The molecule has 1 aliphatic carbocycles. The van der Waals surface area contributed by atoms with Gasteiger partial charge in [-0.15, -0.1) is 0 Å². The molecule has 0 spiro atoms. The molecule has 1 saturated heterocycles. The molecule has 1 aliphatic heterocycles. The fraction of sp³-hybridized carbons (Fsp3) is 0.765. The summed E-state index contributed by atoms with van der Waals surface area (Å²) < 4.78 is 17.4. The second kappa shape index (κ2) is 7.59. The summed E-state index contributed by atoms with van der Waals surface area (Å²) in [4.78, 5) is 4.67. The Morgan fingerprint density at radius 1 is 1.36 bits per heavy atom. The summed E-state index contributed by atoms with van der Waals surface area (Å²) >= 11 is 0. The van der Waals surface area contributed by atoms with Crippen LogP contribution in [0.4, 0.5) is 0 Å². The number of fused-ring (bicyclic) bond motifs is 1. The van der Waals surface area contributed by atoms with Gasteiger partial charge >= 0.3 is 0 Å². The maximum absolute atomic E-state index is 6.08. The lowest BCUT2D eigenvalue weighted by Gasteiger charge is -2.38. The van der Waals surface area contributed by atoms with E-state index in [0.717, 1.165) is 45.2 Å². The number of likely N-dealkylation sites (N-methyl/N-ethyl adjacent to an activating group) is 1. The summed E-state index contributed by atoms with van der Waals surface area (Å²) in [5.74, 6) is 1.58. The minimum Gasteiger partial charge on any atom is -0.468 e. The average Bonchev–Trinajstić information content (AvgIpc) is 3.14. The molecule has 0 aromatic carbocycles. The lowest BCUT2D eigenvalue weighted by Crippen LogP contribution is -2.50. The first kappa shape index (κ1) is 16.0. The van der Waals surface area contributed by atoms with Crippen LogP contribution < -0.4 is 0 Å². The number of rotatable bonds is 7. The first-order valence-corrected chi connectivity index (χ1v) is 8.34. The van der Waals surface area contributed by atoms with E-state index in [1.165, 1.54) is 12.8 Å². The summed E-state index contributed by atoms with van der Waals surface area (Å²) in [7, 11) is 4.15. The van der Waals surface area contributed by atoms with Crippen molar-refractivity contribution in [1.82, 2.24) is 9.80 Å². The predicted molar refractivity (Wildman–Crippen MR) is 84.7 cm³/mol. The van der Waals surface area contributed by atoms with Gasteiger partial charge in [-0.2, -0.15) is 0 Å². The molecule has 0 radical (unpaired) electrons. The molecule has 1 aromatic rings. The van der Waals surface area contributed by atoms with Crippen LogP contribution in [0, 0.1) is 5.92 Å². The highest BCUT2D eigenvalue weighted by atomic mass is 16.5. The number of morpholine rings is 1. The molecular formula is C17H28N2O3. The lowest BCUT2D eigenvalue weighted by atomic mass is 10.0. The fourth-order valence-corrected chi connectivity index (χ4v) is 3.60. The van der Waals surface area contributed by atoms with Crippen LogP contribution in [0.15, 0.2) is 22.8 Å². The van der Waals surface area contributed by atoms with Crippen LogP contribution in [-0.2, 0) is 16.0 Å². The van der Waals surface area contributed by atoms with E-state index >= 15 is 0 Å². The van der Waals surface area contributed by atoms with E-state index in [0.29, 0.717) is 18.1 Å². The van der Waals surface area contributed by atoms with Crippen molar-refractivity contribution in [1.29, 1.82) is 0 Å². The van der Waals surface area contributed by atoms with Crippen molar-refractivity contribution >= 4 is 0 Å². The first-order chi connectivity index (χ1) is 10.7. The molecule has 124 valence electrons. The van der Waals surface area contributed by atoms with Crippen molar-refractivity contribution in [3.05, 3.63) is 24.2 Å². The Bertz CT molecular complexity index is 435. The molecule has 3 unspecified atom stereocenters. The van der Waals surface area contributed by atoms with Crippen LogP contribution in [-0.4, -0.2) is 69.0 Å². The molecule has 5 heteroatoms. The van der Waals surface area contributed by atoms with Crippen LogP contribution in [0.25, 0.3) is 0 Å². The van der Waals surface area contributed by atoms with Crippen LogP contribution in [0.2, 0.25) is 0 Å². The summed E-state index contributed by atoms with van der Waals surface area (Å²) in [5.41, 5.74) is 0. The molecule has 3 rings (SSSR count). The monoisotopic (exact) mass is 308 g/mol. The molecule has 2 heterocycles. The Morgan fingerprint density at radius 2 is 2.27 bits per heavy atom. The molecule has 0 amide bonds. The number of furan rings is 1. The zero-order valence-corrected chi connectivity index (χ0v) is 13.7. The Morgan fingerprint density at radius 3 is 3.05 bits per heavy atom. The summed E-state index contributed by atoms with van der Waals surface area (Å²) in [6, 6.07) is 4.53. The minimum absolute atomic E-state index is 0.322. The molecule has 22 heavy (non-hydrogen) atoms. The number of nitrogens with zero attached hydrogens (tertiary/aromatic N) is 2. The fourth-order valence-electron chi connectivity index (χ4n) is 3.60. The highest BCUT2D eigenvalue weighted by Gasteiger charge is 2.42. The molecule has 0 N–H and O–H groups in total. The van der Waals surface area contributed by atoms with E-state index in [2.05, 4.69) is 30.0 Å². The third kappa shape index (κ3) is 3.90. The first-order valence-electron chi connectivity index (χ1n) is 8.34. The number of ether oxygens (including phenoxy) is 2. The van der Waals surface area contributed by atoms with Crippen molar-refractivity contribution in [3.8, 4) is 0 Å². The smallest absolute Gasteiger partial charge is 0.117 e. The molecule has 0 bridgehead atoms. The van der Waals surface area contributed by atoms with E-state index in [9.17, 15) is 0 Å². The van der Waals surface area contributed by atoms with Crippen molar-refractivity contribution < 1.29 is 13.9 Å². The van der Waals surface area contributed by atoms with E-state index in [4.69, 9.17) is 13.9 Å². The number of hydrogen-bond acceptors (Lipinski definition) is 5. The van der Waals surface area contributed by atoms with Gasteiger partial charge in [0, 0.05) is 25.0 Å². The van der Waals surface area contributed by atoms with Crippen LogP contribution in [0.5, 0.6) is 0 Å². The largest absolute Gasteiger partial charge is 0.468 e. The maximum Gasteiger partial charge on any atom is 0.117 e. The third-order valence-corrected chi connectivity index (χ3v) is 4.79. The molecule has 1 aromatic heterocycles. The zero-order chi connectivity index (χ0) is 15.4. The normalized spacial score (nSPS) is 29.1. The second-order valence-corrected chi connectivity index (χ2v) is 6.67. The quantitative estimate of drug-likeness (QED) is 0.719. The van der Waals surface area contributed by atoms with E-state index in [1.807, 2.05) is 6.07 Å². The summed E-state index contributed by atoms with van der Waals surface area (Å²) in [6.45, 7) is 5.31. The van der Waals surface area contributed by atoms with Crippen molar-refractivity contribution in [2.75, 3.05) is 47.0 Å². The Kier molecular flexibility index (Phi) is 5.52. The van der Waals surface area contributed by atoms with Gasteiger partial charge < -0.3 is 18.8 Å². The summed E-state index contributed by atoms with van der Waals surface area (Å²) in [5, 5.41) is 0. The average molecular weight is 308 g/mol. The van der Waals surface area contributed by atoms with Crippen molar-refractivity contribution in [3.63, 3.8) is 0 Å². The van der Waals surface area contributed by atoms with Gasteiger partial charge in [0.15, 0.2) is 0 Å². The van der Waals surface area contributed by atoms with Gasteiger partial charge in [0.05, 0.1) is 38.7 Å². The minimum atomic E-state index is 0.322. The lowest BCUT2D eigenvalue weighted by molar-refractivity contribution is -0.0896. The van der Waals surface area contributed by atoms with Crippen LogP contribution >= 0.6 is 0 Å². The van der Waals surface area contributed by atoms with Gasteiger partial charge in [0.2, 0.25) is 0 Å². The molecule has 3 atom stereocenters. The Balaban J connectivity index is 1.49. The van der Waals surface area contributed by atoms with Gasteiger partial charge in [0.1, 0.15) is 5.76 Å². The molecule has 5 nitrogen and oxygen atoms in total. The van der Waals surface area contributed by atoms with E-state index in [-0.39, 0.29) is 0 Å². The van der Waals surface area contributed by atoms with E-state index < -0.39 is 0 Å². The predicted octanol–water partition coefficient (Wildman–Crippen LogP) is 1.84. The summed E-state index contributed by atoms with van der Waals surface area (Å²) in [6.07, 6.45) is 4.48.